The molecule has 0 atom stereocenters. The summed E-state index contributed by atoms with van der Waals surface area (Å²) >= 11 is 1.72. The van der Waals surface area contributed by atoms with Gasteiger partial charge in [0, 0.05) is 26.0 Å². The average Bonchev–Trinajstić information content (AvgIpc) is 2.92. The monoisotopic (exact) mass is 360 g/mol. The van der Waals surface area contributed by atoms with E-state index < -0.39 is 4.92 Å². The highest BCUT2D eigenvalue weighted by Crippen LogP contribution is 2.15. The molecule has 0 amide bonds. The zero-order valence-electron chi connectivity index (χ0n) is 14.7. The predicted octanol–water partition coefficient (Wildman–Crippen LogP) is 1.46. The number of nitro groups is 1. The smallest absolute Gasteiger partial charge is 0.274 e. The predicted molar refractivity (Wildman–Crippen MR) is 97.2 cm³/mol. The summed E-state index contributed by atoms with van der Waals surface area (Å²) in [6, 6.07) is 3.98. The van der Waals surface area contributed by atoms with Crippen LogP contribution in [0.15, 0.2) is 28.6 Å². The zero-order chi connectivity index (χ0) is 18.4. The highest BCUT2D eigenvalue weighted by atomic mass is 32.2. The van der Waals surface area contributed by atoms with Gasteiger partial charge in [0.25, 0.3) is 6.20 Å². The third-order valence-electron chi connectivity index (χ3n) is 2.50. The van der Waals surface area contributed by atoms with Gasteiger partial charge in [-0.25, -0.2) is 0 Å². The molecule has 1 aromatic rings. The quantitative estimate of drug-likeness (QED) is 0.327. The van der Waals surface area contributed by atoms with Crippen LogP contribution in [0.25, 0.3) is 0 Å². The summed E-state index contributed by atoms with van der Waals surface area (Å²) < 4.78 is 5.70. The van der Waals surface area contributed by atoms with Crippen molar-refractivity contribution in [1.29, 1.82) is 0 Å². The van der Waals surface area contributed by atoms with Crippen molar-refractivity contribution in [3.05, 3.63) is 45.8 Å². The van der Waals surface area contributed by atoms with E-state index >= 15 is 0 Å². The minimum absolute atomic E-state index is 0.250. The van der Waals surface area contributed by atoms with Gasteiger partial charge in [-0.15, -0.1) is 0 Å². The molecule has 138 valence electrons. The molecule has 1 rings (SSSR count). The lowest BCUT2D eigenvalue weighted by molar-refractivity contribution is -0.404. The highest BCUT2D eigenvalue weighted by molar-refractivity contribution is 7.98. The van der Waals surface area contributed by atoms with Crippen LogP contribution in [0.4, 0.5) is 0 Å². The van der Waals surface area contributed by atoms with Crippen molar-refractivity contribution in [3.63, 3.8) is 0 Å². The van der Waals surface area contributed by atoms with E-state index in [0.717, 1.165) is 35.8 Å². The molecule has 1 heterocycles. The van der Waals surface area contributed by atoms with Gasteiger partial charge in [0.05, 0.1) is 17.2 Å². The Morgan fingerprint density at radius 1 is 1.46 bits per heavy atom. The van der Waals surface area contributed by atoms with Crippen LogP contribution in [0.5, 0.6) is 0 Å². The van der Waals surface area contributed by atoms with E-state index in [1.807, 2.05) is 26.2 Å². The van der Waals surface area contributed by atoms with Crippen molar-refractivity contribution in [3.8, 4) is 0 Å². The molecule has 0 radical (unpaired) electrons. The molecular formula is C15H28N4O4S. The second kappa shape index (κ2) is 13.7. The van der Waals surface area contributed by atoms with Gasteiger partial charge in [0.15, 0.2) is 5.82 Å². The molecule has 0 unspecified atom stereocenters. The standard InChI is InChI=1S/C13H22N4O3S.C2H6O/c1-14-13(9-17(18)19)15-6-7-21-10-12-5-4-11(20-12)8-16(2)3;1-2-3/h4-5,9,14-15H,6-8,10H2,1-3H3;3H,2H2,1H3/b13-9-;. The van der Waals surface area contributed by atoms with Crippen LogP contribution in [0.2, 0.25) is 0 Å². The maximum atomic E-state index is 10.3. The van der Waals surface area contributed by atoms with Crippen molar-refractivity contribution in [1.82, 2.24) is 15.5 Å². The summed E-state index contributed by atoms with van der Waals surface area (Å²) in [7, 11) is 5.64. The molecular weight excluding hydrogens is 332 g/mol. The normalized spacial score (nSPS) is 11.0. The number of thioether (sulfide) groups is 1. The first-order valence-corrected chi connectivity index (χ1v) is 8.76. The van der Waals surface area contributed by atoms with Crippen LogP contribution in [0.3, 0.4) is 0 Å². The molecule has 9 heteroatoms. The molecule has 24 heavy (non-hydrogen) atoms. The fourth-order valence-electron chi connectivity index (χ4n) is 1.63. The minimum Gasteiger partial charge on any atom is -0.464 e. The molecule has 0 aromatic carbocycles. The average molecular weight is 360 g/mol. The number of hydrogen-bond acceptors (Lipinski definition) is 8. The fraction of sp³-hybridized carbons (Fsp3) is 0.600. The maximum Gasteiger partial charge on any atom is 0.274 e. The largest absolute Gasteiger partial charge is 0.464 e. The van der Waals surface area contributed by atoms with E-state index in [9.17, 15) is 10.1 Å². The van der Waals surface area contributed by atoms with Crippen LogP contribution in [0.1, 0.15) is 18.4 Å². The molecule has 0 aliphatic carbocycles. The van der Waals surface area contributed by atoms with Crippen LogP contribution in [-0.4, -0.2) is 55.0 Å². The van der Waals surface area contributed by atoms with Crippen molar-refractivity contribution in [2.75, 3.05) is 40.0 Å². The molecule has 0 saturated heterocycles. The summed E-state index contributed by atoms with van der Waals surface area (Å²) in [4.78, 5) is 11.9. The summed E-state index contributed by atoms with van der Waals surface area (Å²) in [5, 5.41) is 23.6. The van der Waals surface area contributed by atoms with Gasteiger partial charge in [-0.05, 0) is 33.2 Å². The lowest BCUT2D eigenvalue weighted by Gasteiger charge is -2.07. The third-order valence-corrected chi connectivity index (χ3v) is 3.48. The van der Waals surface area contributed by atoms with E-state index in [2.05, 4.69) is 15.5 Å². The van der Waals surface area contributed by atoms with Crippen molar-refractivity contribution < 1.29 is 14.4 Å². The number of aliphatic hydroxyl groups is 1. The molecule has 0 fully saturated rings. The highest BCUT2D eigenvalue weighted by Gasteiger charge is 2.04. The van der Waals surface area contributed by atoms with Crippen LogP contribution in [-0.2, 0) is 12.3 Å². The molecule has 0 spiro atoms. The lowest BCUT2D eigenvalue weighted by Crippen LogP contribution is -2.26. The van der Waals surface area contributed by atoms with Crippen molar-refractivity contribution >= 4 is 11.8 Å². The number of rotatable bonds is 10. The number of hydrogen-bond donors (Lipinski definition) is 3. The fourth-order valence-corrected chi connectivity index (χ4v) is 2.38. The second-order valence-corrected chi connectivity index (χ2v) is 6.08. The Bertz CT molecular complexity index is 492. The molecule has 0 aliphatic rings. The van der Waals surface area contributed by atoms with Crippen LogP contribution < -0.4 is 10.6 Å². The van der Waals surface area contributed by atoms with Crippen molar-refractivity contribution in [2.24, 2.45) is 0 Å². The molecule has 1 aromatic heterocycles. The van der Waals surface area contributed by atoms with Gasteiger partial charge in [-0.1, -0.05) is 0 Å². The zero-order valence-corrected chi connectivity index (χ0v) is 15.6. The SMILES string of the molecule is CCO.CN/C(=C/[N+](=O)[O-])NCCSCc1ccc(CN(C)C)o1. The Labute approximate surface area is 147 Å². The first kappa shape index (κ1) is 22.3. The summed E-state index contributed by atoms with van der Waals surface area (Å²) in [5.41, 5.74) is 0. The number of nitrogens with zero attached hydrogens (tertiary/aromatic N) is 2. The van der Waals surface area contributed by atoms with Crippen LogP contribution in [0, 0.1) is 10.1 Å². The maximum absolute atomic E-state index is 10.3. The van der Waals surface area contributed by atoms with Gasteiger partial charge >= 0.3 is 0 Å². The van der Waals surface area contributed by atoms with Gasteiger partial charge in [0.2, 0.25) is 0 Å². The number of furan rings is 1. The first-order chi connectivity index (χ1) is 11.4. The molecule has 8 nitrogen and oxygen atoms in total. The van der Waals surface area contributed by atoms with Crippen molar-refractivity contribution in [2.45, 2.75) is 19.2 Å². The third kappa shape index (κ3) is 11.8. The molecule has 0 bridgehead atoms. The van der Waals surface area contributed by atoms with E-state index in [1.165, 1.54) is 0 Å². The Kier molecular flexibility index (Phi) is 12.7. The second-order valence-electron chi connectivity index (χ2n) is 4.98. The lowest BCUT2D eigenvalue weighted by atomic mass is 10.4. The Balaban J connectivity index is 0.00000163. The molecule has 3 N–H and O–H groups in total. The van der Waals surface area contributed by atoms with Gasteiger partial charge < -0.3 is 25.1 Å². The Hall–Kier alpha value is -1.71. The molecule has 0 saturated carbocycles. The van der Waals surface area contributed by atoms with Gasteiger partial charge in [-0.3, -0.25) is 10.1 Å². The minimum atomic E-state index is -0.485. The molecule has 0 aliphatic heterocycles. The van der Waals surface area contributed by atoms with E-state index in [0.29, 0.717) is 12.4 Å². The van der Waals surface area contributed by atoms with Gasteiger partial charge in [-0.2, -0.15) is 11.8 Å². The summed E-state index contributed by atoms with van der Waals surface area (Å²) in [5.74, 6) is 3.95. The number of nitrogens with one attached hydrogen (secondary N) is 2. The number of aliphatic hydroxyl groups excluding tert-OH is 1. The van der Waals surface area contributed by atoms with Gasteiger partial charge in [0.1, 0.15) is 11.5 Å². The summed E-state index contributed by atoms with van der Waals surface area (Å²) in [6.07, 6.45) is 0.921. The van der Waals surface area contributed by atoms with E-state index in [4.69, 9.17) is 9.52 Å². The Morgan fingerprint density at radius 3 is 2.62 bits per heavy atom. The summed E-state index contributed by atoms with van der Waals surface area (Å²) in [6.45, 7) is 3.37. The van der Waals surface area contributed by atoms with Crippen LogP contribution >= 0.6 is 11.8 Å². The first-order valence-electron chi connectivity index (χ1n) is 7.60. The Morgan fingerprint density at radius 2 is 2.08 bits per heavy atom. The topological polar surface area (TPSA) is 104 Å². The van der Waals surface area contributed by atoms with E-state index in [-0.39, 0.29) is 6.61 Å². The van der Waals surface area contributed by atoms with E-state index in [1.54, 1.807) is 25.7 Å².